The van der Waals surface area contributed by atoms with Gasteiger partial charge in [0.05, 0.1) is 5.75 Å². The highest BCUT2D eigenvalue weighted by atomic mass is 79.9. The van der Waals surface area contributed by atoms with E-state index in [2.05, 4.69) is 47.8 Å². The zero-order valence-electron chi connectivity index (χ0n) is 17.5. The number of hydrogen-bond donors (Lipinski definition) is 1. The van der Waals surface area contributed by atoms with Gasteiger partial charge < -0.3 is 14.6 Å². The lowest BCUT2D eigenvalue weighted by atomic mass is 10.2. The molecule has 0 saturated carbocycles. The predicted octanol–water partition coefficient (Wildman–Crippen LogP) is 4.54. The Balaban J connectivity index is 1.25. The van der Waals surface area contributed by atoms with Crippen LogP contribution in [-0.4, -0.2) is 59.5 Å². The van der Waals surface area contributed by atoms with Gasteiger partial charge in [0.15, 0.2) is 0 Å². The van der Waals surface area contributed by atoms with Crippen molar-refractivity contribution in [2.24, 2.45) is 0 Å². The first-order valence-corrected chi connectivity index (χ1v) is 12.1. The summed E-state index contributed by atoms with van der Waals surface area (Å²) in [5, 5.41) is 11.4. The molecule has 0 radical (unpaired) electrons. The van der Waals surface area contributed by atoms with Crippen molar-refractivity contribution in [3.8, 4) is 11.5 Å². The highest BCUT2D eigenvalue weighted by Gasteiger charge is 2.16. The molecule has 1 amide bonds. The monoisotopic (exact) mass is 513 g/mol. The van der Waals surface area contributed by atoms with E-state index in [-0.39, 0.29) is 11.7 Å². The summed E-state index contributed by atoms with van der Waals surface area (Å²) in [6, 6.07) is 15.6. The predicted molar refractivity (Wildman–Crippen MR) is 132 cm³/mol. The van der Waals surface area contributed by atoms with Gasteiger partial charge in [-0.1, -0.05) is 39.8 Å². The van der Waals surface area contributed by atoms with Crippen LogP contribution < -0.4 is 10.2 Å². The molecule has 7 nitrogen and oxygen atoms in total. The average Bonchev–Trinajstić information content (AvgIpc) is 3.28. The largest absolute Gasteiger partial charge is 0.411 e. The molecule has 1 saturated heterocycles. The van der Waals surface area contributed by atoms with Gasteiger partial charge in [0.2, 0.25) is 11.8 Å². The molecule has 0 bridgehead atoms. The maximum Gasteiger partial charge on any atom is 0.277 e. The van der Waals surface area contributed by atoms with Gasteiger partial charge in [-0.3, -0.25) is 9.69 Å². The summed E-state index contributed by atoms with van der Waals surface area (Å²) in [4.78, 5) is 17.1. The quantitative estimate of drug-likeness (QED) is 0.350. The normalized spacial score (nSPS) is 14.3. The molecular formula is C23H24BrN5O2S. The van der Waals surface area contributed by atoms with Crippen LogP contribution in [0.2, 0.25) is 0 Å². The Morgan fingerprint density at radius 2 is 1.94 bits per heavy atom. The lowest BCUT2D eigenvalue weighted by Crippen LogP contribution is -2.46. The van der Waals surface area contributed by atoms with E-state index >= 15 is 0 Å². The van der Waals surface area contributed by atoms with Crippen LogP contribution >= 0.6 is 27.7 Å². The first-order valence-electron chi connectivity index (χ1n) is 10.3. The van der Waals surface area contributed by atoms with Crippen LogP contribution in [0.5, 0.6) is 0 Å². The Morgan fingerprint density at radius 3 is 2.66 bits per heavy atom. The Labute approximate surface area is 200 Å². The van der Waals surface area contributed by atoms with E-state index in [4.69, 9.17) is 4.42 Å². The van der Waals surface area contributed by atoms with Crippen molar-refractivity contribution in [2.75, 3.05) is 48.7 Å². The number of rotatable bonds is 8. The van der Waals surface area contributed by atoms with Crippen LogP contribution in [0.3, 0.4) is 0 Å². The van der Waals surface area contributed by atoms with Crippen molar-refractivity contribution >= 4 is 45.0 Å². The molecule has 32 heavy (non-hydrogen) atoms. The topological polar surface area (TPSA) is 74.5 Å². The molecule has 1 aliphatic rings. The summed E-state index contributed by atoms with van der Waals surface area (Å²) in [5.74, 6) is 0.491. The Hall–Kier alpha value is -2.62. The number of aromatic nitrogens is 2. The third kappa shape index (κ3) is 5.99. The van der Waals surface area contributed by atoms with Crippen LogP contribution in [0.1, 0.15) is 0 Å². The number of nitrogens with zero attached hydrogens (tertiary/aromatic N) is 4. The van der Waals surface area contributed by atoms with Crippen LogP contribution in [-0.2, 0) is 4.79 Å². The number of hydrogen-bond acceptors (Lipinski definition) is 7. The molecule has 166 valence electrons. The van der Waals surface area contributed by atoms with Gasteiger partial charge in [-0.2, -0.15) is 0 Å². The molecule has 2 heterocycles. The summed E-state index contributed by atoms with van der Waals surface area (Å²) in [7, 11) is 0. The molecule has 0 atom stereocenters. The summed E-state index contributed by atoms with van der Waals surface area (Å²) >= 11 is 4.64. The third-order valence-electron chi connectivity index (χ3n) is 5.08. The average molecular weight is 514 g/mol. The van der Waals surface area contributed by atoms with E-state index < -0.39 is 0 Å². The summed E-state index contributed by atoms with van der Waals surface area (Å²) in [5.41, 5.74) is 2.76. The number of piperazine rings is 1. The summed E-state index contributed by atoms with van der Waals surface area (Å²) < 4.78 is 6.59. The lowest BCUT2D eigenvalue weighted by Gasteiger charge is -2.35. The minimum atomic E-state index is -0.122. The number of carbonyl (C=O) groups is 1. The number of thioether (sulfide) groups is 1. The molecule has 0 unspecified atom stereocenters. The molecule has 0 spiro atoms. The lowest BCUT2D eigenvalue weighted by molar-refractivity contribution is -0.113. The van der Waals surface area contributed by atoms with Gasteiger partial charge in [0.1, 0.15) is 0 Å². The fourth-order valence-corrected chi connectivity index (χ4v) is 4.42. The highest BCUT2D eigenvalue weighted by molar-refractivity contribution is 9.10. The van der Waals surface area contributed by atoms with Crippen molar-refractivity contribution < 1.29 is 9.21 Å². The second kappa shape index (κ2) is 10.8. The molecule has 1 aliphatic heterocycles. The number of halogens is 1. The Kier molecular flexibility index (Phi) is 7.62. The van der Waals surface area contributed by atoms with Gasteiger partial charge in [0, 0.05) is 54.1 Å². The van der Waals surface area contributed by atoms with Crippen LogP contribution in [0.4, 0.5) is 11.4 Å². The Morgan fingerprint density at radius 1 is 1.16 bits per heavy atom. The van der Waals surface area contributed by atoms with Gasteiger partial charge in [0.25, 0.3) is 5.22 Å². The van der Waals surface area contributed by atoms with E-state index in [9.17, 15) is 4.79 Å². The van der Waals surface area contributed by atoms with E-state index in [1.807, 2.05) is 54.6 Å². The van der Waals surface area contributed by atoms with Gasteiger partial charge in [-0.25, -0.2) is 0 Å². The smallest absolute Gasteiger partial charge is 0.277 e. The number of nitrogens with one attached hydrogen (secondary N) is 1. The molecule has 1 N–H and O–H groups in total. The highest BCUT2D eigenvalue weighted by Crippen LogP contribution is 2.25. The molecule has 2 aromatic carbocycles. The van der Waals surface area contributed by atoms with Crippen molar-refractivity contribution in [1.82, 2.24) is 15.1 Å². The van der Waals surface area contributed by atoms with Gasteiger partial charge in [-0.15, -0.1) is 16.8 Å². The molecule has 0 aliphatic carbocycles. The van der Waals surface area contributed by atoms with E-state index in [1.165, 1.54) is 17.4 Å². The fourth-order valence-electron chi connectivity index (χ4n) is 3.46. The number of carbonyl (C=O) groups excluding carboxylic acids is 1. The van der Waals surface area contributed by atoms with Crippen molar-refractivity contribution in [1.29, 1.82) is 0 Å². The van der Waals surface area contributed by atoms with E-state index in [1.54, 1.807) is 0 Å². The van der Waals surface area contributed by atoms with E-state index in [0.717, 1.165) is 48.4 Å². The molecule has 3 aromatic rings. The Bertz CT molecular complexity index is 1060. The summed E-state index contributed by atoms with van der Waals surface area (Å²) in [6.07, 6.45) is 1.95. The zero-order chi connectivity index (χ0) is 22.3. The molecule has 4 rings (SSSR count). The van der Waals surface area contributed by atoms with Gasteiger partial charge in [-0.05, 0) is 42.5 Å². The third-order valence-corrected chi connectivity index (χ3v) is 6.39. The molecule has 1 aromatic heterocycles. The number of benzene rings is 2. The number of anilines is 2. The first kappa shape index (κ1) is 22.6. The van der Waals surface area contributed by atoms with Crippen LogP contribution in [0, 0.1) is 0 Å². The van der Waals surface area contributed by atoms with Crippen molar-refractivity contribution in [2.45, 2.75) is 5.22 Å². The first-order chi connectivity index (χ1) is 15.6. The van der Waals surface area contributed by atoms with Crippen LogP contribution in [0.25, 0.3) is 11.5 Å². The van der Waals surface area contributed by atoms with Crippen LogP contribution in [0.15, 0.2) is 75.3 Å². The van der Waals surface area contributed by atoms with E-state index in [0.29, 0.717) is 11.1 Å². The van der Waals surface area contributed by atoms with Crippen molar-refractivity contribution in [3.05, 3.63) is 65.7 Å². The maximum atomic E-state index is 12.3. The molecule has 1 fully saturated rings. The SMILES string of the molecule is C=CCN1CCN(c2ccc(NC(=O)CSc3nnc(-c4cccc(Br)c4)o3)cc2)CC1. The standard InChI is InChI=1S/C23H24BrN5O2S/c1-2-10-28-11-13-29(14-12-28)20-8-6-19(7-9-20)25-21(30)16-32-23-27-26-22(31-23)17-4-3-5-18(24)15-17/h2-9,15H,1,10-14,16H2,(H,25,30). The second-order valence-corrected chi connectivity index (χ2v) is 9.19. The van der Waals surface area contributed by atoms with Crippen molar-refractivity contribution in [3.63, 3.8) is 0 Å². The number of amides is 1. The maximum absolute atomic E-state index is 12.3. The fraction of sp³-hybridized carbons (Fsp3) is 0.261. The zero-order valence-corrected chi connectivity index (χ0v) is 19.9. The second-order valence-electron chi connectivity index (χ2n) is 7.34. The minimum absolute atomic E-state index is 0.122. The van der Waals surface area contributed by atoms with Gasteiger partial charge >= 0.3 is 0 Å². The molecular weight excluding hydrogens is 490 g/mol. The summed E-state index contributed by atoms with van der Waals surface area (Å²) in [6.45, 7) is 8.78. The minimum Gasteiger partial charge on any atom is -0.411 e. The molecule has 9 heteroatoms.